The number of ether oxygens (including phenoxy) is 2. The average Bonchev–Trinajstić information content (AvgIpc) is 3.27. The van der Waals surface area contributed by atoms with Gasteiger partial charge < -0.3 is 14.4 Å². The molecule has 1 atom stereocenters. The summed E-state index contributed by atoms with van der Waals surface area (Å²) in [5, 5.41) is 0. The van der Waals surface area contributed by atoms with E-state index in [2.05, 4.69) is 4.98 Å². The molecule has 1 aromatic heterocycles. The summed E-state index contributed by atoms with van der Waals surface area (Å²) in [5.74, 6) is 1.91. The third kappa shape index (κ3) is 2.87. The lowest BCUT2D eigenvalue weighted by molar-refractivity contribution is 0.0518. The maximum absolute atomic E-state index is 12.8. The molecule has 2 fully saturated rings. The zero-order valence-electron chi connectivity index (χ0n) is 14.4. The summed E-state index contributed by atoms with van der Waals surface area (Å²) < 4.78 is 11.6. The molecule has 0 aliphatic carbocycles. The number of rotatable bonds is 3. The lowest BCUT2D eigenvalue weighted by Crippen LogP contribution is -2.60. The van der Waals surface area contributed by atoms with Gasteiger partial charge in [0, 0.05) is 37.0 Å². The van der Waals surface area contributed by atoms with Crippen molar-refractivity contribution in [3.8, 4) is 5.75 Å². The number of nitrogens with zero attached hydrogens (tertiary/aromatic N) is 2. The van der Waals surface area contributed by atoms with Crippen molar-refractivity contribution in [2.24, 2.45) is 0 Å². The minimum absolute atomic E-state index is 0.127. The molecule has 1 spiro atoms. The highest BCUT2D eigenvalue weighted by molar-refractivity contribution is 8.01. The number of likely N-dealkylation sites (tertiary alicyclic amines) is 1. The van der Waals surface area contributed by atoms with Gasteiger partial charge in [0.2, 0.25) is 0 Å². The molecule has 1 unspecified atom stereocenters. The first-order valence-electron chi connectivity index (χ1n) is 8.90. The van der Waals surface area contributed by atoms with Gasteiger partial charge in [-0.25, -0.2) is 0 Å². The molecule has 134 valence electrons. The van der Waals surface area contributed by atoms with Crippen molar-refractivity contribution in [1.29, 1.82) is 0 Å². The van der Waals surface area contributed by atoms with E-state index in [1.165, 1.54) is 5.56 Å². The number of amides is 1. The first-order chi connectivity index (χ1) is 12.7. The van der Waals surface area contributed by atoms with Crippen LogP contribution in [0.2, 0.25) is 0 Å². The molecule has 0 N–H and O–H groups in total. The number of aromatic nitrogens is 1. The standard InChI is InChI=1S/C20H20N2O3S/c23-19(14-3-4-15-9-24-10-16(15)6-14)22-12-20(13-22)7-18(11-26-20)25-17-2-1-5-21-8-17/h1-6,8,18H,7,9-13H2. The van der Waals surface area contributed by atoms with Crippen molar-refractivity contribution < 1.29 is 14.3 Å². The Morgan fingerprint density at radius 3 is 3.00 bits per heavy atom. The second-order valence-electron chi connectivity index (χ2n) is 7.26. The second kappa shape index (κ2) is 6.28. The number of hydrogen-bond donors (Lipinski definition) is 0. The molecule has 26 heavy (non-hydrogen) atoms. The molecule has 1 amide bonds. The van der Waals surface area contributed by atoms with Gasteiger partial charge in [-0.2, -0.15) is 0 Å². The Morgan fingerprint density at radius 2 is 2.15 bits per heavy atom. The number of benzene rings is 1. The summed E-state index contributed by atoms with van der Waals surface area (Å²) in [5.41, 5.74) is 3.12. The minimum Gasteiger partial charge on any atom is -0.488 e. The number of hydrogen-bond acceptors (Lipinski definition) is 5. The summed E-state index contributed by atoms with van der Waals surface area (Å²) in [6.07, 6.45) is 4.68. The van der Waals surface area contributed by atoms with Crippen LogP contribution in [0.1, 0.15) is 27.9 Å². The van der Waals surface area contributed by atoms with E-state index in [0.717, 1.165) is 42.1 Å². The normalized spacial score (nSPS) is 22.9. The van der Waals surface area contributed by atoms with Gasteiger partial charge in [0.25, 0.3) is 5.91 Å². The van der Waals surface area contributed by atoms with Crippen molar-refractivity contribution in [2.45, 2.75) is 30.5 Å². The first kappa shape index (κ1) is 16.1. The highest BCUT2D eigenvalue weighted by Crippen LogP contribution is 2.46. The van der Waals surface area contributed by atoms with Crippen molar-refractivity contribution in [2.75, 3.05) is 18.8 Å². The van der Waals surface area contributed by atoms with E-state index in [0.29, 0.717) is 13.2 Å². The Labute approximate surface area is 156 Å². The highest BCUT2D eigenvalue weighted by Gasteiger charge is 2.51. The number of pyridine rings is 1. The van der Waals surface area contributed by atoms with E-state index in [1.807, 2.05) is 47.0 Å². The van der Waals surface area contributed by atoms with Gasteiger partial charge in [0.15, 0.2) is 0 Å². The Bertz CT molecular complexity index is 836. The zero-order chi connectivity index (χ0) is 17.6. The Hall–Kier alpha value is -2.05. The zero-order valence-corrected chi connectivity index (χ0v) is 15.2. The fourth-order valence-corrected chi connectivity index (χ4v) is 5.51. The van der Waals surface area contributed by atoms with Gasteiger partial charge in [-0.05, 0) is 35.4 Å². The highest BCUT2D eigenvalue weighted by atomic mass is 32.2. The van der Waals surface area contributed by atoms with Crippen LogP contribution in [0, 0.1) is 0 Å². The molecular weight excluding hydrogens is 348 g/mol. The quantitative estimate of drug-likeness (QED) is 0.834. The molecule has 0 bridgehead atoms. The van der Waals surface area contributed by atoms with Crippen LogP contribution < -0.4 is 4.74 Å². The van der Waals surface area contributed by atoms with Crippen molar-refractivity contribution >= 4 is 17.7 Å². The van der Waals surface area contributed by atoms with Crippen LogP contribution in [-0.4, -0.2) is 45.5 Å². The molecule has 1 aromatic carbocycles. The van der Waals surface area contributed by atoms with E-state index < -0.39 is 0 Å². The second-order valence-corrected chi connectivity index (χ2v) is 8.75. The van der Waals surface area contributed by atoms with Crippen molar-refractivity contribution in [3.63, 3.8) is 0 Å². The van der Waals surface area contributed by atoms with Crippen molar-refractivity contribution in [3.05, 3.63) is 59.4 Å². The Balaban J connectivity index is 1.20. The van der Waals surface area contributed by atoms with Crippen LogP contribution in [0.15, 0.2) is 42.7 Å². The molecular formula is C20H20N2O3S. The Morgan fingerprint density at radius 1 is 1.27 bits per heavy atom. The lowest BCUT2D eigenvalue weighted by atomic mass is 9.92. The molecule has 5 nitrogen and oxygen atoms in total. The number of fused-ring (bicyclic) bond motifs is 1. The van der Waals surface area contributed by atoms with Gasteiger partial charge in [-0.3, -0.25) is 9.78 Å². The summed E-state index contributed by atoms with van der Waals surface area (Å²) in [6.45, 7) is 2.88. The summed E-state index contributed by atoms with van der Waals surface area (Å²) in [6, 6.07) is 9.77. The minimum atomic E-state index is 0.127. The molecule has 4 heterocycles. The van der Waals surface area contributed by atoms with E-state index in [9.17, 15) is 4.79 Å². The van der Waals surface area contributed by atoms with Crippen LogP contribution in [-0.2, 0) is 18.0 Å². The predicted octanol–water partition coefficient (Wildman–Crippen LogP) is 2.89. The summed E-state index contributed by atoms with van der Waals surface area (Å²) >= 11 is 1.94. The summed E-state index contributed by atoms with van der Waals surface area (Å²) in [7, 11) is 0. The van der Waals surface area contributed by atoms with Crippen molar-refractivity contribution in [1.82, 2.24) is 9.88 Å². The van der Waals surface area contributed by atoms with Gasteiger partial charge in [-0.15, -0.1) is 11.8 Å². The van der Waals surface area contributed by atoms with E-state index in [-0.39, 0.29) is 16.8 Å². The van der Waals surface area contributed by atoms with Gasteiger partial charge in [0.1, 0.15) is 11.9 Å². The lowest BCUT2D eigenvalue weighted by Gasteiger charge is -2.47. The predicted molar refractivity (Wildman–Crippen MR) is 99.3 cm³/mol. The van der Waals surface area contributed by atoms with E-state index >= 15 is 0 Å². The van der Waals surface area contributed by atoms with Crippen LogP contribution in [0.25, 0.3) is 0 Å². The maximum Gasteiger partial charge on any atom is 0.253 e. The number of carbonyl (C=O) groups excluding carboxylic acids is 1. The summed E-state index contributed by atoms with van der Waals surface area (Å²) in [4.78, 5) is 18.8. The fraction of sp³-hybridized carbons (Fsp3) is 0.400. The molecule has 6 heteroatoms. The van der Waals surface area contributed by atoms with Crippen LogP contribution in [0.5, 0.6) is 5.75 Å². The molecule has 3 aliphatic heterocycles. The number of carbonyl (C=O) groups is 1. The van der Waals surface area contributed by atoms with Crippen LogP contribution in [0.4, 0.5) is 0 Å². The van der Waals surface area contributed by atoms with Crippen LogP contribution >= 0.6 is 11.8 Å². The molecule has 5 rings (SSSR count). The van der Waals surface area contributed by atoms with Gasteiger partial charge in [-0.1, -0.05) is 6.07 Å². The largest absolute Gasteiger partial charge is 0.488 e. The molecule has 2 saturated heterocycles. The molecule has 0 saturated carbocycles. The number of thioether (sulfide) groups is 1. The molecule has 3 aliphatic rings. The third-order valence-corrected chi connectivity index (χ3v) is 6.90. The molecule has 2 aromatic rings. The van der Waals surface area contributed by atoms with Gasteiger partial charge in [0.05, 0.1) is 24.2 Å². The Kier molecular flexibility index (Phi) is 3.90. The molecule has 0 radical (unpaired) electrons. The third-order valence-electron chi connectivity index (χ3n) is 5.33. The maximum atomic E-state index is 12.8. The van der Waals surface area contributed by atoms with E-state index in [4.69, 9.17) is 9.47 Å². The smallest absolute Gasteiger partial charge is 0.253 e. The fourth-order valence-electron chi connectivity index (χ4n) is 3.99. The van der Waals surface area contributed by atoms with Gasteiger partial charge >= 0.3 is 0 Å². The first-order valence-corrected chi connectivity index (χ1v) is 9.89. The monoisotopic (exact) mass is 368 g/mol. The van der Waals surface area contributed by atoms with E-state index in [1.54, 1.807) is 12.4 Å². The SMILES string of the molecule is O=C(c1ccc2c(c1)COC2)N1CC2(CC(Oc3cccnc3)CS2)C1. The van der Waals surface area contributed by atoms with Crippen LogP contribution in [0.3, 0.4) is 0 Å². The average molecular weight is 368 g/mol. The topological polar surface area (TPSA) is 51.7 Å².